The number of carbonyl (C=O) groups is 2. The Bertz CT molecular complexity index is 764. The fourth-order valence-electron chi connectivity index (χ4n) is 4.73. The first-order chi connectivity index (χ1) is 13.9. The van der Waals surface area contributed by atoms with Gasteiger partial charge in [-0.1, -0.05) is 6.42 Å². The molecule has 1 aromatic rings. The lowest BCUT2D eigenvalue weighted by Crippen LogP contribution is -2.49. The molecule has 1 saturated carbocycles. The zero-order valence-electron chi connectivity index (χ0n) is 17.5. The summed E-state index contributed by atoms with van der Waals surface area (Å²) in [7, 11) is 4.51. The van der Waals surface area contributed by atoms with Gasteiger partial charge >= 0.3 is 0 Å². The van der Waals surface area contributed by atoms with Crippen molar-refractivity contribution in [1.29, 1.82) is 0 Å². The summed E-state index contributed by atoms with van der Waals surface area (Å²) in [6.45, 7) is 1.29. The number of ether oxygens (including phenoxy) is 3. The van der Waals surface area contributed by atoms with Crippen LogP contribution in [0, 0.1) is 5.41 Å². The second-order valence-corrected chi connectivity index (χ2v) is 8.02. The van der Waals surface area contributed by atoms with Crippen molar-refractivity contribution in [3.8, 4) is 17.2 Å². The summed E-state index contributed by atoms with van der Waals surface area (Å²) in [4.78, 5) is 27.4. The lowest BCUT2D eigenvalue weighted by atomic mass is 9.76. The molecular weight excluding hydrogens is 374 g/mol. The first-order valence-corrected chi connectivity index (χ1v) is 10.2. The van der Waals surface area contributed by atoms with E-state index in [-0.39, 0.29) is 36.1 Å². The van der Waals surface area contributed by atoms with E-state index in [0.717, 1.165) is 32.1 Å². The van der Waals surface area contributed by atoms with Crippen LogP contribution in [0.2, 0.25) is 0 Å². The van der Waals surface area contributed by atoms with Crippen molar-refractivity contribution >= 4 is 11.7 Å². The maximum absolute atomic E-state index is 12.8. The van der Waals surface area contributed by atoms with Crippen molar-refractivity contribution in [3.05, 3.63) is 17.7 Å². The Morgan fingerprint density at radius 1 is 1.03 bits per heavy atom. The summed E-state index contributed by atoms with van der Waals surface area (Å²) in [5, 5.41) is 10.4. The predicted molar refractivity (Wildman–Crippen MR) is 108 cm³/mol. The predicted octanol–water partition coefficient (Wildman–Crippen LogP) is 2.83. The number of rotatable bonds is 7. The fourth-order valence-corrected chi connectivity index (χ4v) is 4.73. The summed E-state index contributed by atoms with van der Waals surface area (Å²) in [5.41, 5.74) is 0.226. The van der Waals surface area contributed by atoms with Crippen LogP contribution in [-0.2, 0) is 4.79 Å². The van der Waals surface area contributed by atoms with Crippen molar-refractivity contribution in [2.75, 3.05) is 34.4 Å². The largest absolute Gasteiger partial charge is 0.496 e. The number of likely N-dealkylation sites (tertiary alicyclic amines) is 1. The molecular formula is C22H31NO6. The molecule has 160 valence electrons. The number of hydrogen-bond donors (Lipinski definition) is 1. The van der Waals surface area contributed by atoms with Gasteiger partial charge in [-0.2, -0.15) is 0 Å². The highest BCUT2D eigenvalue weighted by atomic mass is 16.5. The third-order valence-corrected chi connectivity index (χ3v) is 6.39. The molecule has 0 unspecified atom stereocenters. The minimum absolute atomic E-state index is 0.0315. The molecule has 2 fully saturated rings. The van der Waals surface area contributed by atoms with Gasteiger partial charge in [0.2, 0.25) is 5.91 Å². The topological polar surface area (TPSA) is 85.3 Å². The van der Waals surface area contributed by atoms with Gasteiger partial charge in [-0.3, -0.25) is 9.59 Å². The van der Waals surface area contributed by atoms with E-state index in [9.17, 15) is 14.7 Å². The first-order valence-electron chi connectivity index (χ1n) is 10.2. The molecule has 1 aliphatic carbocycles. The number of aliphatic hydroxyl groups is 1. The number of ketones is 1. The molecule has 3 rings (SSSR count). The smallest absolute Gasteiger partial charge is 0.223 e. The maximum Gasteiger partial charge on any atom is 0.223 e. The first kappa shape index (κ1) is 21.4. The van der Waals surface area contributed by atoms with E-state index in [0.29, 0.717) is 35.9 Å². The molecule has 29 heavy (non-hydrogen) atoms. The van der Waals surface area contributed by atoms with E-state index in [4.69, 9.17) is 14.2 Å². The lowest BCUT2D eigenvalue weighted by molar-refractivity contribution is -0.136. The molecule has 7 heteroatoms. The molecule has 1 saturated heterocycles. The van der Waals surface area contributed by atoms with Gasteiger partial charge in [0.25, 0.3) is 0 Å². The molecule has 1 aromatic carbocycles. The monoisotopic (exact) mass is 405 g/mol. The Balaban J connectivity index is 1.65. The highest BCUT2D eigenvalue weighted by molar-refractivity contribution is 6.01. The third-order valence-electron chi connectivity index (χ3n) is 6.39. The lowest BCUT2D eigenvalue weighted by Gasteiger charge is -2.42. The zero-order chi connectivity index (χ0) is 21.0. The average molecular weight is 405 g/mol. The summed E-state index contributed by atoms with van der Waals surface area (Å²) in [5.74, 6) is 1.10. The van der Waals surface area contributed by atoms with Gasteiger partial charge in [0.05, 0.1) is 33.0 Å². The van der Waals surface area contributed by atoms with Gasteiger partial charge in [0, 0.05) is 37.4 Å². The molecule has 0 radical (unpaired) electrons. The molecule has 1 aliphatic heterocycles. The van der Waals surface area contributed by atoms with Crippen molar-refractivity contribution in [3.63, 3.8) is 0 Å². The molecule has 1 N–H and O–H groups in total. The van der Waals surface area contributed by atoms with Gasteiger partial charge in [0.15, 0.2) is 17.3 Å². The van der Waals surface area contributed by atoms with E-state index < -0.39 is 0 Å². The number of piperidine rings is 1. The normalized spacial score (nSPS) is 23.9. The molecule has 7 nitrogen and oxygen atoms in total. The highest BCUT2D eigenvalue weighted by Gasteiger charge is 2.45. The number of carbonyl (C=O) groups excluding carboxylic acids is 2. The van der Waals surface area contributed by atoms with Crippen molar-refractivity contribution in [1.82, 2.24) is 4.90 Å². The second kappa shape index (κ2) is 9.03. The average Bonchev–Trinajstić information content (AvgIpc) is 3.09. The Labute approximate surface area is 171 Å². The van der Waals surface area contributed by atoms with Crippen LogP contribution in [0.15, 0.2) is 12.1 Å². The number of aliphatic hydroxyl groups excluding tert-OH is 1. The number of hydrogen-bond acceptors (Lipinski definition) is 6. The zero-order valence-corrected chi connectivity index (χ0v) is 17.5. The van der Waals surface area contributed by atoms with Gasteiger partial charge in [-0.05, 0) is 31.7 Å². The van der Waals surface area contributed by atoms with Crippen LogP contribution in [0.3, 0.4) is 0 Å². The minimum atomic E-state index is -0.323. The van der Waals surface area contributed by atoms with Gasteiger partial charge in [-0.25, -0.2) is 0 Å². The van der Waals surface area contributed by atoms with Gasteiger partial charge in [0.1, 0.15) is 5.75 Å². The summed E-state index contributed by atoms with van der Waals surface area (Å²) in [6.07, 6.45) is 4.59. The van der Waals surface area contributed by atoms with Crippen molar-refractivity contribution < 1.29 is 28.9 Å². The summed E-state index contributed by atoms with van der Waals surface area (Å²) in [6, 6.07) is 3.21. The van der Waals surface area contributed by atoms with Crippen molar-refractivity contribution in [2.24, 2.45) is 5.41 Å². The Hall–Kier alpha value is -2.28. The van der Waals surface area contributed by atoms with Crippen LogP contribution in [0.5, 0.6) is 17.2 Å². The van der Waals surface area contributed by atoms with Crippen LogP contribution in [-0.4, -0.2) is 62.2 Å². The quantitative estimate of drug-likeness (QED) is 0.702. The standard InChI is InChI=1S/C22H31NO6/c1-27-17-13-19(29-3)18(28-2)12-15(17)16(24)7-8-21(26)23-11-5-10-22(14-23)9-4-6-20(22)25/h12-13,20,25H,4-11,14H2,1-3H3/t20-,22-/m1/s1. The van der Waals surface area contributed by atoms with Crippen LogP contribution < -0.4 is 14.2 Å². The molecule has 2 atom stereocenters. The number of methoxy groups -OCH3 is 3. The molecule has 2 aliphatic rings. The van der Waals surface area contributed by atoms with Gasteiger partial charge in [-0.15, -0.1) is 0 Å². The third kappa shape index (κ3) is 4.34. The molecule has 1 amide bonds. The van der Waals surface area contributed by atoms with E-state index in [1.165, 1.54) is 21.3 Å². The highest BCUT2D eigenvalue weighted by Crippen LogP contribution is 2.45. The van der Waals surface area contributed by atoms with E-state index in [1.807, 2.05) is 4.90 Å². The minimum Gasteiger partial charge on any atom is -0.496 e. The number of benzene rings is 1. The SMILES string of the molecule is COc1cc(OC)c(C(=O)CCC(=O)N2CCC[C@]3(CCC[C@H]3O)C2)cc1OC. The molecule has 1 heterocycles. The Morgan fingerprint density at radius 3 is 2.31 bits per heavy atom. The van der Waals surface area contributed by atoms with Crippen LogP contribution in [0.4, 0.5) is 0 Å². The van der Waals surface area contributed by atoms with Crippen molar-refractivity contribution in [2.45, 2.75) is 51.0 Å². The van der Waals surface area contributed by atoms with E-state index in [2.05, 4.69) is 0 Å². The van der Waals surface area contributed by atoms with Crippen LogP contribution in [0.25, 0.3) is 0 Å². The van der Waals surface area contributed by atoms with Crippen LogP contribution >= 0.6 is 0 Å². The summed E-state index contributed by atoms with van der Waals surface area (Å²) >= 11 is 0. The van der Waals surface area contributed by atoms with Crippen LogP contribution in [0.1, 0.15) is 55.3 Å². The van der Waals surface area contributed by atoms with Gasteiger partial charge < -0.3 is 24.2 Å². The summed E-state index contributed by atoms with van der Waals surface area (Å²) < 4.78 is 15.9. The Kier molecular flexibility index (Phi) is 6.67. The number of nitrogens with zero attached hydrogens (tertiary/aromatic N) is 1. The van der Waals surface area contributed by atoms with E-state index >= 15 is 0 Å². The number of Topliss-reactive ketones (excluding diaryl/α,β-unsaturated/α-hetero) is 1. The second-order valence-electron chi connectivity index (χ2n) is 8.02. The Morgan fingerprint density at radius 2 is 1.69 bits per heavy atom. The molecule has 1 spiro atoms. The molecule has 0 aromatic heterocycles. The fraction of sp³-hybridized carbons (Fsp3) is 0.636. The van der Waals surface area contributed by atoms with E-state index in [1.54, 1.807) is 12.1 Å². The maximum atomic E-state index is 12.8. The number of amides is 1. The molecule has 0 bridgehead atoms.